The fourth-order valence-electron chi connectivity index (χ4n) is 0.371. The molecule has 0 aliphatic carbocycles. The molecule has 0 amide bonds. The fourth-order valence-corrected chi connectivity index (χ4v) is 0.856. The number of nitrogens with zero attached hydrogens (tertiary/aromatic N) is 3. The average Bonchev–Trinajstić information content (AvgIpc) is 2.19. The molecule has 0 saturated carbocycles. The van der Waals surface area contributed by atoms with Crippen molar-refractivity contribution in [1.82, 2.24) is 15.2 Å². The quantitative estimate of drug-likeness (QED) is 0.678. The van der Waals surface area contributed by atoms with Crippen molar-refractivity contribution < 1.29 is 32.7 Å². The Balaban J connectivity index is 0.000000640. The number of rotatable bonds is 2. The van der Waals surface area contributed by atoms with Crippen LogP contribution in [-0.4, -0.2) is 15.8 Å². The van der Waals surface area contributed by atoms with E-state index in [0.717, 1.165) is 10.9 Å². The summed E-state index contributed by atoms with van der Waals surface area (Å²) < 4.78 is 0. The Labute approximate surface area is 83.3 Å². The van der Waals surface area contributed by atoms with Crippen molar-refractivity contribution in [2.75, 3.05) is 5.75 Å². The van der Waals surface area contributed by atoms with E-state index in [9.17, 15) is 0 Å². The fraction of sp³-hybridized carbons (Fsp3) is 0.500. The van der Waals surface area contributed by atoms with Crippen LogP contribution in [0.5, 0.6) is 0 Å². The normalized spacial score (nSPS) is 8.56. The first-order valence-corrected chi connectivity index (χ1v) is 3.35. The zero-order valence-electron chi connectivity index (χ0n) is 5.11. The number of aromatic nitrogens is 3. The van der Waals surface area contributed by atoms with Crippen molar-refractivity contribution in [3.05, 3.63) is 6.33 Å². The van der Waals surface area contributed by atoms with Crippen LogP contribution in [0.4, 0.5) is 0 Å². The van der Waals surface area contributed by atoms with E-state index in [-0.39, 0.29) is 32.7 Å². The van der Waals surface area contributed by atoms with Crippen molar-refractivity contribution in [3.63, 3.8) is 0 Å². The zero-order chi connectivity index (χ0) is 5.82. The molecule has 0 aromatic carbocycles. The van der Waals surface area contributed by atoms with E-state index in [0.29, 0.717) is 0 Å². The first-order valence-electron chi connectivity index (χ1n) is 2.36. The van der Waals surface area contributed by atoms with Crippen LogP contribution >= 0.6 is 11.8 Å². The minimum absolute atomic E-state index is 0. The maximum absolute atomic E-state index is 3.85. The van der Waals surface area contributed by atoms with Crippen LogP contribution in [0.3, 0.4) is 0 Å². The van der Waals surface area contributed by atoms with Gasteiger partial charge in [0, 0.05) is 32.7 Å². The largest absolute Gasteiger partial charge is 0.420 e. The molecule has 0 unspecified atom stereocenters. The second-order valence-corrected chi connectivity index (χ2v) is 2.41. The smallest absolute Gasteiger partial charge is 0.0838 e. The predicted octanol–water partition coefficient (Wildman–Crippen LogP) is 0.543. The van der Waals surface area contributed by atoms with Crippen molar-refractivity contribution >= 4 is 11.8 Å². The molecular weight excluding hydrogens is 211 g/mol. The van der Waals surface area contributed by atoms with Crippen LogP contribution in [0.1, 0.15) is 6.92 Å². The molecule has 3 nitrogen and oxygen atoms in total. The van der Waals surface area contributed by atoms with Gasteiger partial charge in [-0.2, -0.15) is 0 Å². The van der Waals surface area contributed by atoms with Gasteiger partial charge >= 0.3 is 0 Å². The predicted molar refractivity (Wildman–Crippen MR) is 31.7 cm³/mol. The van der Waals surface area contributed by atoms with E-state index in [2.05, 4.69) is 22.1 Å². The molecule has 1 radical (unpaired) electrons. The van der Waals surface area contributed by atoms with Gasteiger partial charge in [-0.1, -0.05) is 13.3 Å². The van der Waals surface area contributed by atoms with E-state index < -0.39 is 0 Å². The Hall–Kier alpha value is 0.594. The van der Waals surface area contributed by atoms with Gasteiger partial charge in [0.05, 0.1) is 5.16 Å². The zero-order valence-corrected chi connectivity index (χ0v) is 8.77. The molecule has 1 rings (SSSR count). The molecule has 0 spiro atoms. The summed E-state index contributed by atoms with van der Waals surface area (Å²) in [5, 5.41) is 8.04. The standard InChI is InChI=1S/C4H6N3S.Y/c1-2-8-4-5-3-6-7-4;/h3H,2H2,1H3;/q-1;. The van der Waals surface area contributed by atoms with Crippen LogP contribution in [0.2, 0.25) is 0 Å². The Kier molecular flexibility index (Phi) is 5.74. The Morgan fingerprint density at radius 1 is 1.78 bits per heavy atom. The minimum atomic E-state index is 0. The van der Waals surface area contributed by atoms with Crippen LogP contribution in [0.15, 0.2) is 11.5 Å². The van der Waals surface area contributed by atoms with Crippen molar-refractivity contribution in [1.29, 1.82) is 0 Å². The van der Waals surface area contributed by atoms with Gasteiger partial charge in [-0.15, -0.1) is 11.8 Å². The molecule has 9 heavy (non-hydrogen) atoms. The summed E-state index contributed by atoms with van der Waals surface area (Å²) >= 11 is 1.60. The summed E-state index contributed by atoms with van der Waals surface area (Å²) in [7, 11) is 0. The number of hydrogen-bond acceptors (Lipinski definition) is 3. The van der Waals surface area contributed by atoms with Gasteiger partial charge in [0.2, 0.25) is 0 Å². The Morgan fingerprint density at radius 2 is 2.56 bits per heavy atom. The third-order valence-corrected chi connectivity index (χ3v) is 1.37. The van der Waals surface area contributed by atoms with Gasteiger partial charge in [-0.3, -0.25) is 5.10 Å². The first-order chi connectivity index (χ1) is 3.93. The SMILES string of the molecule is CCSc1nc[n-]n1.[Y]. The molecule has 0 aliphatic rings. The summed E-state index contributed by atoms with van der Waals surface area (Å²) in [5.41, 5.74) is 0. The second kappa shape index (κ2) is 5.38. The summed E-state index contributed by atoms with van der Waals surface area (Å²) in [6, 6.07) is 0. The molecule has 1 aromatic heterocycles. The van der Waals surface area contributed by atoms with Gasteiger partial charge in [0.1, 0.15) is 0 Å². The van der Waals surface area contributed by atoms with E-state index in [4.69, 9.17) is 0 Å². The summed E-state index contributed by atoms with van der Waals surface area (Å²) in [6.07, 6.45) is 1.46. The summed E-state index contributed by atoms with van der Waals surface area (Å²) in [4.78, 5) is 3.85. The molecule has 5 heteroatoms. The van der Waals surface area contributed by atoms with Crippen LogP contribution < -0.4 is 5.10 Å². The monoisotopic (exact) mass is 217 g/mol. The molecule has 0 aliphatic heterocycles. The average molecular weight is 217 g/mol. The molecule has 0 N–H and O–H groups in total. The van der Waals surface area contributed by atoms with E-state index in [1.807, 2.05) is 0 Å². The van der Waals surface area contributed by atoms with Gasteiger partial charge in [0.25, 0.3) is 0 Å². The first kappa shape index (κ1) is 9.59. The molecule has 0 fully saturated rings. The van der Waals surface area contributed by atoms with Gasteiger partial charge in [-0.25, -0.2) is 0 Å². The number of thioether (sulfide) groups is 1. The summed E-state index contributed by atoms with van der Waals surface area (Å²) in [5.74, 6) is 1.01. The molecule has 0 bridgehead atoms. The van der Waals surface area contributed by atoms with Gasteiger partial charge < -0.3 is 10.1 Å². The van der Waals surface area contributed by atoms with Crippen molar-refractivity contribution in [2.45, 2.75) is 12.1 Å². The maximum atomic E-state index is 3.85. The molecule has 47 valence electrons. The van der Waals surface area contributed by atoms with Gasteiger partial charge in [-0.05, 0) is 5.75 Å². The van der Waals surface area contributed by atoms with E-state index in [1.165, 1.54) is 6.33 Å². The summed E-state index contributed by atoms with van der Waals surface area (Å²) in [6.45, 7) is 2.06. The van der Waals surface area contributed by atoms with Crippen molar-refractivity contribution in [3.8, 4) is 0 Å². The minimum Gasteiger partial charge on any atom is -0.420 e. The molecule has 0 atom stereocenters. The van der Waals surface area contributed by atoms with E-state index >= 15 is 0 Å². The van der Waals surface area contributed by atoms with Crippen LogP contribution in [0.25, 0.3) is 0 Å². The molecule has 1 aromatic rings. The third kappa shape index (κ3) is 3.33. The van der Waals surface area contributed by atoms with Gasteiger partial charge in [0.15, 0.2) is 0 Å². The second-order valence-electron chi connectivity index (χ2n) is 1.18. The van der Waals surface area contributed by atoms with Crippen LogP contribution in [-0.2, 0) is 32.7 Å². The maximum Gasteiger partial charge on any atom is 0.0838 e. The molecule has 0 saturated heterocycles. The van der Waals surface area contributed by atoms with E-state index in [1.54, 1.807) is 11.8 Å². The number of hydrogen-bond donors (Lipinski definition) is 0. The third-order valence-electron chi connectivity index (χ3n) is 0.637. The Morgan fingerprint density at radius 3 is 3.00 bits per heavy atom. The molecular formula is C4H6N3SY-. The molecule has 1 heterocycles. The van der Waals surface area contributed by atoms with Crippen molar-refractivity contribution in [2.24, 2.45) is 0 Å². The van der Waals surface area contributed by atoms with Crippen LogP contribution in [0, 0.1) is 0 Å². The topological polar surface area (TPSA) is 39.9 Å². The Bertz CT molecular complexity index is 142.